The highest BCUT2D eigenvalue weighted by molar-refractivity contribution is 6.21. The van der Waals surface area contributed by atoms with E-state index in [1.807, 2.05) is 6.92 Å². The summed E-state index contributed by atoms with van der Waals surface area (Å²) in [6.45, 7) is 1.84. The Bertz CT molecular complexity index is 766. The maximum atomic E-state index is 12.4. The second kappa shape index (κ2) is 5.64. The van der Waals surface area contributed by atoms with E-state index >= 15 is 0 Å². The van der Waals surface area contributed by atoms with E-state index in [9.17, 15) is 9.59 Å². The molecule has 0 spiro atoms. The van der Waals surface area contributed by atoms with Crippen LogP contribution in [0, 0.1) is 6.92 Å². The van der Waals surface area contributed by atoms with Crippen LogP contribution in [0.15, 0.2) is 36.4 Å². The van der Waals surface area contributed by atoms with Crippen LogP contribution in [0.5, 0.6) is 11.5 Å². The van der Waals surface area contributed by atoms with Crippen molar-refractivity contribution in [1.29, 1.82) is 0 Å². The van der Waals surface area contributed by atoms with E-state index in [1.54, 1.807) is 43.5 Å². The van der Waals surface area contributed by atoms with Crippen LogP contribution in [0.25, 0.3) is 0 Å². The molecule has 23 heavy (non-hydrogen) atoms. The molecule has 0 atom stereocenters. The number of anilines is 1. The molecule has 1 aliphatic rings. The summed E-state index contributed by atoms with van der Waals surface area (Å²) in [6, 6.07) is 10.2. The number of nitrogens with zero attached hydrogens (tertiary/aromatic N) is 1. The number of ether oxygens (including phenoxy) is 2. The van der Waals surface area contributed by atoms with Gasteiger partial charge in [-0.15, -0.1) is 0 Å². The van der Waals surface area contributed by atoms with Crippen LogP contribution < -0.4 is 14.9 Å². The average molecular weight is 312 g/mol. The van der Waals surface area contributed by atoms with Gasteiger partial charge in [-0.25, -0.2) is 0 Å². The number of imide groups is 1. The largest absolute Gasteiger partial charge is 0.496 e. The highest BCUT2D eigenvalue weighted by Crippen LogP contribution is 2.36. The summed E-state index contributed by atoms with van der Waals surface area (Å²) in [5.41, 5.74) is 4.91. The van der Waals surface area contributed by atoms with Crippen molar-refractivity contribution in [3.05, 3.63) is 53.1 Å². The van der Waals surface area contributed by atoms with E-state index in [0.29, 0.717) is 28.3 Å². The van der Waals surface area contributed by atoms with E-state index in [-0.39, 0.29) is 11.8 Å². The molecule has 0 unspecified atom stereocenters. The smallest absolute Gasteiger partial charge is 0.280 e. The number of fused-ring (bicyclic) bond motifs is 1. The molecule has 0 radical (unpaired) electrons. The molecule has 0 aromatic heterocycles. The van der Waals surface area contributed by atoms with Crippen molar-refractivity contribution in [3.63, 3.8) is 0 Å². The second-order valence-electron chi connectivity index (χ2n) is 5.08. The summed E-state index contributed by atoms with van der Waals surface area (Å²) in [7, 11) is 3.09. The number of hydrogen-bond donors (Lipinski definition) is 1. The van der Waals surface area contributed by atoms with Crippen LogP contribution in [-0.4, -0.2) is 31.0 Å². The quantitative estimate of drug-likeness (QED) is 0.879. The first-order valence-corrected chi connectivity index (χ1v) is 7.04. The number of hydrazine groups is 1. The van der Waals surface area contributed by atoms with Gasteiger partial charge in [0.2, 0.25) is 0 Å². The first-order valence-electron chi connectivity index (χ1n) is 7.04. The number of amides is 2. The lowest BCUT2D eigenvalue weighted by molar-refractivity contribution is 0.0691. The molecular weight excluding hydrogens is 296 g/mol. The van der Waals surface area contributed by atoms with Gasteiger partial charge in [0.25, 0.3) is 11.8 Å². The predicted molar refractivity (Wildman–Crippen MR) is 84.8 cm³/mol. The molecule has 2 aromatic carbocycles. The van der Waals surface area contributed by atoms with E-state index < -0.39 is 0 Å². The van der Waals surface area contributed by atoms with Gasteiger partial charge in [0.05, 0.1) is 31.0 Å². The fraction of sp³-hybridized carbons (Fsp3) is 0.176. The summed E-state index contributed by atoms with van der Waals surface area (Å²) < 4.78 is 10.6. The first kappa shape index (κ1) is 14.9. The van der Waals surface area contributed by atoms with Crippen molar-refractivity contribution in [1.82, 2.24) is 5.01 Å². The Morgan fingerprint density at radius 1 is 0.913 bits per heavy atom. The molecule has 2 amide bonds. The lowest BCUT2D eigenvalue weighted by Gasteiger charge is -2.20. The third-order valence-corrected chi connectivity index (χ3v) is 3.81. The van der Waals surface area contributed by atoms with E-state index in [0.717, 1.165) is 10.6 Å². The molecule has 0 saturated carbocycles. The van der Waals surface area contributed by atoms with Crippen molar-refractivity contribution in [2.45, 2.75) is 6.92 Å². The van der Waals surface area contributed by atoms with E-state index in [4.69, 9.17) is 9.47 Å². The summed E-state index contributed by atoms with van der Waals surface area (Å²) in [5, 5.41) is 0.994. The predicted octanol–water partition coefficient (Wildman–Crippen LogP) is 2.64. The summed E-state index contributed by atoms with van der Waals surface area (Å²) >= 11 is 0. The molecule has 0 bridgehead atoms. The van der Waals surface area contributed by atoms with Crippen molar-refractivity contribution in [2.75, 3.05) is 19.6 Å². The Morgan fingerprint density at radius 3 is 2.04 bits per heavy atom. The molecule has 1 heterocycles. The molecule has 1 aliphatic heterocycles. The zero-order valence-electron chi connectivity index (χ0n) is 13.0. The third-order valence-electron chi connectivity index (χ3n) is 3.81. The topological polar surface area (TPSA) is 67.9 Å². The molecule has 0 aliphatic carbocycles. The Hall–Kier alpha value is -3.02. The van der Waals surface area contributed by atoms with Crippen molar-refractivity contribution >= 4 is 17.5 Å². The molecule has 118 valence electrons. The fourth-order valence-electron chi connectivity index (χ4n) is 2.66. The van der Waals surface area contributed by atoms with Crippen molar-refractivity contribution < 1.29 is 19.1 Å². The van der Waals surface area contributed by atoms with Gasteiger partial charge in [-0.1, -0.05) is 12.1 Å². The van der Waals surface area contributed by atoms with Gasteiger partial charge in [0.15, 0.2) is 0 Å². The fourth-order valence-corrected chi connectivity index (χ4v) is 2.66. The number of carbonyl (C=O) groups excluding carboxylic acids is 2. The van der Waals surface area contributed by atoms with Crippen LogP contribution >= 0.6 is 0 Å². The van der Waals surface area contributed by atoms with E-state index in [1.165, 1.54) is 7.11 Å². The van der Waals surface area contributed by atoms with Crippen LogP contribution in [-0.2, 0) is 0 Å². The number of rotatable bonds is 4. The minimum absolute atomic E-state index is 0.384. The van der Waals surface area contributed by atoms with Crippen molar-refractivity contribution in [2.24, 2.45) is 0 Å². The van der Waals surface area contributed by atoms with Gasteiger partial charge in [-0.05, 0) is 31.2 Å². The number of methoxy groups -OCH3 is 2. The molecule has 2 aromatic rings. The third kappa shape index (κ3) is 2.28. The minimum Gasteiger partial charge on any atom is -0.496 e. The Balaban J connectivity index is 1.97. The standard InChI is InChI=1S/C17H16N2O4/c1-10-14(22-2)9-8-13(15(10)23-3)18-19-16(20)11-6-4-5-7-12(11)17(19)21/h4-9,18H,1-3H3. The Kier molecular flexibility index (Phi) is 3.65. The summed E-state index contributed by atoms with van der Waals surface area (Å²) in [6.07, 6.45) is 0. The zero-order chi connectivity index (χ0) is 16.6. The number of nitrogens with one attached hydrogen (secondary N) is 1. The number of benzene rings is 2. The summed E-state index contributed by atoms with van der Waals surface area (Å²) in [4.78, 5) is 24.8. The average Bonchev–Trinajstić information content (AvgIpc) is 2.81. The van der Waals surface area contributed by atoms with Crippen LogP contribution in [0.2, 0.25) is 0 Å². The van der Waals surface area contributed by atoms with Gasteiger partial charge >= 0.3 is 0 Å². The van der Waals surface area contributed by atoms with Crippen LogP contribution in [0.1, 0.15) is 26.3 Å². The molecule has 6 nitrogen and oxygen atoms in total. The molecule has 1 N–H and O–H groups in total. The Morgan fingerprint density at radius 2 is 1.52 bits per heavy atom. The molecule has 6 heteroatoms. The van der Waals surface area contributed by atoms with Gasteiger partial charge in [-0.3, -0.25) is 15.0 Å². The van der Waals surface area contributed by atoms with Gasteiger partial charge in [-0.2, -0.15) is 5.01 Å². The lowest BCUT2D eigenvalue weighted by atomic mass is 10.1. The van der Waals surface area contributed by atoms with Gasteiger partial charge in [0, 0.05) is 5.56 Å². The number of carbonyl (C=O) groups is 2. The van der Waals surface area contributed by atoms with Crippen LogP contribution in [0.4, 0.5) is 5.69 Å². The monoisotopic (exact) mass is 312 g/mol. The second-order valence-corrected chi connectivity index (χ2v) is 5.08. The first-order chi connectivity index (χ1) is 11.1. The van der Waals surface area contributed by atoms with Crippen molar-refractivity contribution in [3.8, 4) is 11.5 Å². The van der Waals surface area contributed by atoms with E-state index in [2.05, 4.69) is 5.43 Å². The number of hydrogen-bond acceptors (Lipinski definition) is 5. The maximum Gasteiger partial charge on any atom is 0.280 e. The van der Waals surface area contributed by atoms with Gasteiger partial charge < -0.3 is 9.47 Å². The Labute approximate surface area is 133 Å². The molecular formula is C17H16N2O4. The summed E-state index contributed by atoms with van der Waals surface area (Å²) in [5.74, 6) is 0.401. The lowest BCUT2D eigenvalue weighted by Crippen LogP contribution is -2.35. The molecule has 0 fully saturated rings. The molecule has 3 rings (SSSR count). The molecule has 0 saturated heterocycles. The SMILES string of the molecule is COc1ccc(NN2C(=O)c3ccccc3C2=O)c(OC)c1C. The zero-order valence-corrected chi connectivity index (χ0v) is 13.0. The highest BCUT2D eigenvalue weighted by Gasteiger charge is 2.36. The highest BCUT2D eigenvalue weighted by atomic mass is 16.5. The van der Waals surface area contributed by atoms with Gasteiger partial charge in [0.1, 0.15) is 11.5 Å². The normalized spacial score (nSPS) is 13.1. The maximum absolute atomic E-state index is 12.4. The minimum atomic E-state index is -0.388. The van der Waals surface area contributed by atoms with Crippen LogP contribution in [0.3, 0.4) is 0 Å².